The molecular formula is C21H19NO5. The molecule has 138 valence electrons. The minimum absolute atomic E-state index is 0.00713. The lowest BCUT2D eigenvalue weighted by Crippen LogP contribution is -2.33. The van der Waals surface area contributed by atoms with Crippen LogP contribution in [0.3, 0.4) is 0 Å². The van der Waals surface area contributed by atoms with Gasteiger partial charge in [-0.25, -0.2) is 4.79 Å². The molecule has 6 heteroatoms. The molecule has 2 atom stereocenters. The zero-order valence-electron chi connectivity index (χ0n) is 15.1. The number of hydrogen-bond donors (Lipinski definition) is 0. The second-order valence-corrected chi connectivity index (χ2v) is 6.78. The SMILES string of the molecule is CC1Oc2c(C(=O)OCCN3C(=O)c4ccccc4C3=O)cccc2C1C. The number of para-hydroxylation sites is 1. The Balaban J connectivity index is 1.42. The van der Waals surface area contributed by atoms with Crippen LogP contribution in [-0.4, -0.2) is 41.9 Å². The Labute approximate surface area is 156 Å². The molecule has 6 nitrogen and oxygen atoms in total. The molecule has 0 N–H and O–H groups in total. The molecule has 0 aliphatic carbocycles. The zero-order chi connectivity index (χ0) is 19.1. The van der Waals surface area contributed by atoms with Crippen molar-refractivity contribution in [1.29, 1.82) is 0 Å². The van der Waals surface area contributed by atoms with Crippen LogP contribution in [0.5, 0.6) is 5.75 Å². The van der Waals surface area contributed by atoms with Crippen molar-refractivity contribution in [2.45, 2.75) is 25.9 Å². The average molecular weight is 365 g/mol. The summed E-state index contributed by atoms with van der Waals surface area (Å²) < 4.78 is 11.1. The van der Waals surface area contributed by atoms with Crippen LogP contribution in [0.15, 0.2) is 42.5 Å². The van der Waals surface area contributed by atoms with Crippen molar-refractivity contribution in [2.75, 3.05) is 13.2 Å². The van der Waals surface area contributed by atoms with E-state index in [4.69, 9.17) is 9.47 Å². The molecule has 2 heterocycles. The van der Waals surface area contributed by atoms with E-state index in [0.717, 1.165) is 10.5 Å². The molecule has 2 aliphatic rings. The van der Waals surface area contributed by atoms with E-state index in [9.17, 15) is 14.4 Å². The molecule has 0 saturated heterocycles. The number of carbonyl (C=O) groups excluding carboxylic acids is 3. The lowest BCUT2D eigenvalue weighted by molar-refractivity contribution is 0.0416. The first-order valence-corrected chi connectivity index (χ1v) is 8.91. The molecule has 0 radical (unpaired) electrons. The maximum atomic E-state index is 12.5. The summed E-state index contributed by atoms with van der Waals surface area (Å²) in [5.74, 6) is -0.490. The maximum absolute atomic E-state index is 12.5. The van der Waals surface area contributed by atoms with E-state index in [1.165, 1.54) is 0 Å². The number of hydrogen-bond acceptors (Lipinski definition) is 5. The predicted molar refractivity (Wildman–Crippen MR) is 97.0 cm³/mol. The van der Waals surface area contributed by atoms with Gasteiger partial charge in [0.2, 0.25) is 0 Å². The van der Waals surface area contributed by atoms with Gasteiger partial charge in [0.15, 0.2) is 0 Å². The standard InChI is InChI=1S/C21H19NO5/c1-12-13(2)27-18-14(12)8-5-9-17(18)21(25)26-11-10-22-19(23)15-6-3-4-7-16(15)20(22)24/h3-9,12-13H,10-11H2,1-2H3. The summed E-state index contributed by atoms with van der Waals surface area (Å²) in [6.07, 6.45) is -0.00713. The molecule has 4 rings (SSSR count). The normalized spacial score (nSPS) is 20.3. The molecule has 2 aliphatic heterocycles. The first kappa shape index (κ1) is 17.3. The molecule has 0 saturated carbocycles. The number of esters is 1. The number of nitrogens with zero attached hydrogens (tertiary/aromatic N) is 1. The van der Waals surface area contributed by atoms with Crippen molar-refractivity contribution in [1.82, 2.24) is 4.90 Å². The fraction of sp³-hybridized carbons (Fsp3) is 0.286. The topological polar surface area (TPSA) is 72.9 Å². The Kier molecular flexibility index (Phi) is 4.18. The lowest BCUT2D eigenvalue weighted by Gasteiger charge is -2.14. The summed E-state index contributed by atoms with van der Waals surface area (Å²) in [5.41, 5.74) is 2.11. The highest BCUT2D eigenvalue weighted by molar-refractivity contribution is 6.21. The van der Waals surface area contributed by atoms with Crippen LogP contribution in [0.1, 0.15) is 56.4 Å². The number of benzene rings is 2. The third-order valence-electron chi connectivity index (χ3n) is 5.19. The fourth-order valence-electron chi connectivity index (χ4n) is 3.50. The number of imide groups is 1. The fourth-order valence-corrected chi connectivity index (χ4v) is 3.50. The molecule has 2 unspecified atom stereocenters. The Hall–Kier alpha value is -3.15. The van der Waals surface area contributed by atoms with Gasteiger partial charge in [0.1, 0.15) is 24.0 Å². The van der Waals surface area contributed by atoms with Gasteiger partial charge >= 0.3 is 5.97 Å². The van der Waals surface area contributed by atoms with Gasteiger partial charge in [-0.1, -0.05) is 31.2 Å². The lowest BCUT2D eigenvalue weighted by atomic mass is 9.97. The number of amides is 2. The molecule has 2 aromatic carbocycles. The summed E-state index contributed by atoms with van der Waals surface area (Å²) in [6, 6.07) is 12.1. The molecule has 27 heavy (non-hydrogen) atoms. The highest BCUT2D eigenvalue weighted by Crippen LogP contribution is 2.40. The number of fused-ring (bicyclic) bond motifs is 2. The summed E-state index contributed by atoms with van der Waals surface area (Å²) in [7, 11) is 0. The van der Waals surface area contributed by atoms with E-state index in [-0.39, 0.29) is 37.0 Å². The number of carbonyl (C=O) groups is 3. The Bertz CT molecular complexity index is 916. The van der Waals surface area contributed by atoms with Crippen molar-refractivity contribution in [3.63, 3.8) is 0 Å². The predicted octanol–water partition coefficient (Wildman–Crippen LogP) is 3.02. The summed E-state index contributed by atoms with van der Waals surface area (Å²) in [6.45, 7) is 3.95. The molecule has 0 bridgehead atoms. The van der Waals surface area contributed by atoms with Gasteiger partial charge in [0.25, 0.3) is 11.8 Å². The van der Waals surface area contributed by atoms with Crippen LogP contribution >= 0.6 is 0 Å². The van der Waals surface area contributed by atoms with Crippen LogP contribution in [0, 0.1) is 0 Å². The minimum Gasteiger partial charge on any atom is -0.489 e. The molecule has 2 amide bonds. The zero-order valence-corrected chi connectivity index (χ0v) is 15.1. The second kappa shape index (κ2) is 6.54. The first-order valence-electron chi connectivity index (χ1n) is 8.91. The van der Waals surface area contributed by atoms with Crippen molar-refractivity contribution < 1.29 is 23.9 Å². The summed E-state index contributed by atoms with van der Waals surface area (Å²) in [5, 5.41) is 0. The Morgan fingerprint density at radius 1 is 1.04 bits per heavy atom. The van der Waals surface area contributed by atoms with Crippen LogP contribution < -0.4 is 4.74 Å². The van der Waals surface area contributed by atoms with Crippen molar-refractivity contribution in [2.24, 2.45) is 0 Å². The van der Waals surface area contributed by atoms with Crippen LogP contribution in [-0.2, 0) is 4.74 Å². The highest BCUT2D eigenvalue weighted by Gasteiger charge is 2.35. The molecule has 2 aromatic rings. The number of ether oxygens (including phenoxy) is 2. The summed E-state index contributed by atoms with van der Waals surface area (Å²) in [4.78, 5) is 38.2. The van der Waals surface area contributed by atoms with Crippen molar-refractivity contribution >= 4 is 17.8 Å². The van der Waals surface area contributed by atoms with Crippen molar-refractivity contribution in [3.8, 4) is 5.75 Å². The second-order valence-electron chi connectivity index (χ2n) is 6.78. The van der Waals surface area contributed by atoms with Gasteiger partial charge in [-0.05, 0) is 25.1 Å². The smallest absolute Gasteiger partial charge is 0.341 e. The van der Waals surface area contributed by atoms with Gasteiger partial charge in [0.05, 0.1) is 17.7 Å². The Morgan fingerprint density at radius 2 is 1.70 bits per heavy atom. The highest BCUT2D eigenvalue weighted by atomic mass is 16.5. The first-order chi connectivity index (χ1) is 13.0. The van der Waals surface area contributed by atoms with Gasteiger partial charge in [-0.3, -0.25) is 14.5 Å². The van der Waals surface area contributed by atoms with E-state index in [1.807, 2.05) is 19.9 Å². The third kappa shape index (κ3) is 2.77. The molecule has 0 aromatic heterocycles. The van der Waals surface area contributed by atoms with E-state index < -0.39 is 5.97 Å². The largest absolute Gasteiger partial charge is 0.489 e. The van der Waals surface area contributed by atoms with Gasteiger partial charge in [-0.2, -0.15) is 0 Å². The average Bonchev–Trinajstić information content (AvgIpc) is 3.10. The Morgan fingerprint density at radius 3 is 2.37 bits per heavy atom. The summed E-state index contributed by atoms with van der Waals surface area (Å²) >= 11 is 0. The van der Waals surface area contributed by atoms with E-state index in [1.54, 1.807) is 36.4 Å². The van der Waals surface area contributed by atoms with Gasteiger partial charge in [0, 0.05) is 11.5 Å². The van der Waals surface area contributed by atoms with Crippen LogP contribution in [0.25, 0.3) is 0 Å². The number of rotatable bonds is 4. The molecule has 0 fully saturated rings. The van der Waals surface area contributed by atoms with E-state index >= 15 is 0 Å². The monoisotopic (exact) mass is 365 g/mol. The van der Waals surface area contributed by atoms with Crippen LogP contribution in [0.4, 0.5) is 0 Å². The van der Waals surface area contributed by atoms with Crippen molar-refractivity contribution in [3.05, 3.63) is 64.7 Å². The van der Waals surface area contributed by atoms with Gasteiger partial charge < -0.3 is 9.47 Å². The molecule has 0 spiro atoms. The molecular weight excluding hydrogens is 346 g/mol. The van der Waals surface area contributed by atoms with E-state index in [2.05, 4.69) is 0 Å². The minimum atomic E-state index is -0.523. The van der Waals surface area contributed by atoms with Crippen LogP contribution in [0.2, 0.25) is 0 Å². The maximum Gasteiger partial charge on any atom is 0.341 e. The third-order valence-corrected chi connectivity index (χ3v) is 5.19. The van der Waals surface area contributed by atoms with Gasteiger partial charge in [-0.15, -0.1) is 0 Å². The quantitative estimate of drug-likeness (QED) is 0.615. The van der Waals surface area contributed by atoms with E-state index in [0.29, 0.717) is 22.4 Å².